The first-order valence-electron chi connectivity index (χ1n) is 7.00. The van der Waals surface area contributed by atoms with E-state index in [2.05, 4.69) is 4.40 Å². The van der Waals surface area contributed by atoms with Crippen LogP contribution in [0.2, 0.25) is 0 Å². The summed E-state index contributed by atoms with van der Waals surface area (Å²) in [6.07, 6.45) is 1.60. The minimum absolute atomic E-state index is 0.258. The highest BCUT2D eigenvalue weighted by Gasteiger charge is 2.04. The monoisotopic (exact) mass is 343 g/mol. The van der Waals surface area contributed by atoms with Gasteiger partial charge in [-0.25, -0.2) is 8.60 Å². The molecule has 0 bridgehead atoms. The van der Waals surface area contributed by atoms with Gasteiger partial charge in [0.05, 0.1) is 11.1 Å². The average molecular weight is 343 g/mol. The van der Waals surface area contributed by atoms with Crippen molar-refractivity contribution >= 4 is 28.5 Å². The molecule has 0 radical (unpaired) electrons. The van der Waals surface area contributed by atoms with E-state index in [4.69, 9.17) is 0 Å². The van der Waals surface area contributed by atoms with Crippen LogP contribution in [-0.4, -0.2) is 10.4 Å². The Hall–Kier alpha value is -2.11. The maximum atomic E-state index is 13.3. The fraction of sp³-hybridized carbons (Fsp3) is 0.0556. The second-order valence-electron chi connectivity index (χ2n) is 5.01. The molecule has 1 aromatic heterocycles. The molecule has 0 fully saturated rings. The van der Waals surface area contributed by atoms with Crippen molar-refractivity contribution in [1.82, 2.24) is 0 Å². The summed E-state index contributed by atoms with van der Waals surface area (Å²) in [5.74, 6) is -0.258. The van der Waals surface area contributed by atoms with Gasteiger partial charge >= 0.3 is 0 Å². The molecule has 0 saturated heterocycles. The molecular formula is C18H14FNOS2. The van der Waals surface area contributed by atoms with Crippen LogP contribution in [0, 0.1) is 12.7 Å². The number of halogens is 1. The average Bonchev–Trinajstić information content (AvgIpc) is 3.02. The van der Waals surface area contributed by atoms with Crippen molar-refractivity contribution in [3.63, 3.8) is 0 Å². The first kappa shape index (κ1) is 15.8. The van der Waals surface area contributed by atoms with Crippen LogP contribution in [0.5, 0.6) is 0 Å². The van der Waals surface area contributed by atoms with Gasteiger partial charge in [-0.2, -0.15) is 4.40 Å². The van der Waals surface area contributed by atoms with Crippen LogP contribution in [0.3, 0.4) is 0 Å². The summed E-state index contributed by atoms with van der Waals surface area (Å²) in [5, 5.41) is 0. The van der Waals surface area contributed by atoms with Crippen molar-refractivity contribution in [2.45, 2.75) is 11.8 Å². The first-order chi connectivity index (χ1) is 11.1. The van der Waals surface area contributed by atoms with Crippen molar-refractivity contribution in [1.29, 1.82) is 0 Å². The van der Waals surface area contributed by atoms with Crippen molar-refractivity contribution in [2.24, 2.45) is 4.40 Å². The number of hydrogen-bond donors (Lipinski definition) is 0. The first-order valence-corrected chi connectivity index (χ1v) is 8.92. The maximum Gasteiger partial charge on any atom is 0.172 e. The third-order valence-electron chi connectivity index (χ3n) is 3.23. The molecule has 1 atom stereocenters. The molecule has 0 aliphatic carbocycles. The number of benzene rings is 2. The zero-order valence-electron chi connectivity index (χ0n) is 12.4. The molecule has 0 amide bonds. The Morgan fingerprint density at radius 1 is 1.09 bits per heavy atom. The standard InChI is InChI=1S/C18H14FNOS2/c1-13-5-8-17(9-6-13)23(21)20-12-16-7-10-18(22-16)14-3-2-4-15(19)11-14/h2-12H,1H3/t23-/m1/s1. The van der Waals surface area contributed by atoms with E-state index in [9.17, 15) is 8.60 Å². The molecule has 116 valence electrons. The normalized spacial score (nSPS) is 12.6. The Bertz CT molecular complexity index is 869. The highest BCUT2D eigenvalue weighted by Crippen LogP contribution is 2.27. The molecular weight excluding hydrogens is 329 g/mol. The fourth-order valence-electron chi connectivity index (χ4n) is 2.03. The molecule has 5 heteroatoms. The molecule has 3 aromatic rings. The minimum Gasteiger partial charge on any atom is -0.229 e. The van der Waals surface area contributed by atoms with Crippen molar-refractivity contribution in [2.75, 3.05) is 0 Å². The van der Waals surface area contributed by atoms with Gasteiger partial charge in [0.1, 0.15) is 5.82 Å². The van der Waals surface area contributed by atoms with E-state index < -0.39 is 11.0 Å². The summed E-state index contributed by atoms with van der Waals surface area (Å²) in [4.78, 5) is 2.51. The van der Waals surface area contributed by atoms with Gasteiger partial charge in [0.25, 0.3) is 0 Å². The second-order valence-corrected chi connectivity index (χ2v) is 7.30. The smallest absolute Gasteiger partial charge is 0.172 e. The van der Waals surface area contributed by atoms with Crippen LogP contribution in [0.25, 0.3) is 10.4 Å². The van der Waals surface area contributed by atoms with Crippen LogP contribution in [0.1, 0.15) is 10.4 Å². The summed E-state index contributed by atoms with van der Waals surface area (Å²) >= 11 is 1.48. The Kier molecular flexibility index (Phi) is 4.79. The highest BCUT2D eigenvalue weighted by atomic mass is 32.2. The number of nitrogens with zero attached hydrogens (tertiary/aromatic N) is 1. The Balaban J connectivity index is 1.76. The highest BCUT2D eigenvalue weighted by molar-refractivity contribution is 7.83. The Labute approximate surface area is 140 Å². The van der Waals surface area contributed by atoms with E-state index in [1.807, 2.05) is 49.4 Å². The van der Waals surface area contributed by atoms with E-state index in [0.717, 1.165) is 20.9 Å². The lowest BCUT2D eigenvalue weighted by Crippen LogP contribution is -1.88. The molecule has 0 unspecified atom stereocenters. The number of hydrogen-bond acceptors (Lipinski definition) is 2. The van der Waals surface area contributed by atoms with Crippen molar-refractivity contribution in [3.05, 3.63) is 76.9 Å². The molecule has 2 aromatic carbocycles. The molecule has 1 heterocycles. The van der Waals surface area contributed by atoms with E-state index in [-0.39, 0.29) is 5.82 Å². The van der Waals surface area contributed by atoms with Crippen LogP contribution in [-0.2, 0) is 11.0 Å². The summed E-state index contributed by atoms with van der Waals surface area (Å²) in [7, 11) is -1.41. The molecule has 2 nitrogen and oxygen atoms in total. The fourth-order valence-corrected chi connectivity index (χ4v) is 3.68. The van der Waals surface area contributed by atoms with Crippen LogP contribution >= 0.6 is 11.3 Å². The molecule has 0 aliphatic heterocycles. The topological polar surface area (TPSA) is 29.4 Å². The predicted molar refractivity (Wildman–Crippen MR) is 94.9 cm³/mol. The number of rotatable bonds is 4. The molecule has 0 saturated carbocycles. The van der Waals surface area contributed by atoms with Crippen molar-refractivity contribution < 1.29 is 8.60 Å². The third kappa shape index (κ3) is 4.00. The van der Waals surface area contributed by atoms with E-state index in [1.165, 1.54) is 23.5 Å². The van der Waals surface area contributed by atoms with Crippen LogP contribution < -0.4 is 0 Å². The predicted octanol–water partition coefficient (Wildman–Crippen LogP) is 5.00. The molecule has 3 rings (SSSR count). The van der Waals surface area contributed by atoms with E-state index in [1.54, 1.807) is 12.3 Å². The SMILES string of the molecule is Cc1ccc([S@@](=O)N=Cc2ccc(-c3cccc(F)c3)s2)cc1. The Morgan fingerprint density at radius 2 is 1.87 bits per heavy atom. The molecule has 0 aliphatic rings. The minimum atomic E-state index is -1.41. The van der Waals surface area contributed by atoms with Crippen molar-refractivity contribution in [3.8, 4) is 10.4 Å². The largest absolute Gasteiger partial charge is 0.229 e. The molecule has 23 heavy (non-hydrogen) atoms. The van der Waals surface area contributed by atoms with Gasteiger partial charge in [-0.05, 0) is 48.9 Å². The van der Waals surface area contributed by atoms with Gasteiger partial charge in [0.15, 0.2) is 11.0 Å². The van der Waals surface area contributed by atoms with Crippen LogP contribution in [0.4, 0.5) is 4.39 Å². The van der Waals surface area contributed by atoms with Gasteiger partial charge in [0, 0.05) is 9.75 Å². The van der Waals surface area contributed by atoms with Crippen LogP contribution in [0.15, 0.2) is 70.0 Å². The maximum absolute atomic E-state index is 13.3. The van der Waals surface area contributed by atoms with Gasteiger partial charge in [0.2, 0.25) is 0 Å². The lowest BCUT2D eigenvalue weighted by atomic mass is 10.2. The summed E-state index contributed by atoms with van der Waals surface area (Å²) in [6, 6.07) is 17.7. The van der Waals surface area contributed by atoms with Gasteiger partial charge < -0.3 is 0 Å². The Morgan fingerprint density at radius 3 is 2.61 bits per heavy atom. The van der Waals surface area contributed by atoms with E-state index >= 15 is 0 Å². The van der Waals surface area contributed by atoms with Gasteiger partial charge in [-0.1, -0.05) is 29.8 Å². The zero-order chi connectivity index (χ0) is 16.2. The second kappa shape index (κ2) is 6.98. The molecule has 0 N–H and O–H groups in total. The number of aryl methyl sites for hydroxylation is 1. The van der Waals surface area contributed by atoms with E-state index in [0.29, 0.717) is 4.90 Å². The summed E-state index contributed by atoms with van der Waals surface area (Å²) in [6.45, 7) is 1.98. The number of thiophene rings is 1. The lowest BCUT2D eigenvalue weighted by molar-refractivity contribution is 0.628. The van der Waals surface area contributed by atoms with Gasteiger partial charge in [-0.3, -0.25) is 0 Å². The molecule has 0 spiro atoms. The zero-order valence-corrected chi connectivity index (χ0v) is 14.0. The summed E-state index contributed by atoms with van der Waals surface area (Å²) < 4.78 is 29.5. The lowest BCUT2D eigenvalue weighted by Gasteiger charge is -1.97. The van der Waals surface area contributed by atoms with Gasteiger partial charge in [-0.15, -0.1) is 11.3 Å². The summed E-state index contributed by atoms with van der Waals surface area (Å²) in [5.41, 5.74) is 1.95. The quantitative estimate of drug-likeness (QED) is 0.613. The third-order valence-corrected chi connectivity index (χ3v) is 5.28.